The van der Waals surface area contributed by atoms with Crippen LogP contribution in [0.3, 0.4) is 0 Å². The van der Waals surface area contributed by atoms with Crippen LogP contribution in [0.1, 0.15) is 32.3 Å². The number of carbonyl (C=O) groups is 1. The van der Waals surface area contributed by atoms with Crippen LogP contribution in [0, 0.1) is 5.92 Å². The van der Waals surface area contributed by atoms with Gasteiger partial charge in [0.2, 0.25) is 0 Å². The lowest BCUT2D eigenvalue weighted by atomic mass is 10.00. The molecular formula is C21H29N3O5. The first-order valence-electron chi connectivity index (χ1n) is 9.67. The molecule has 3 atom stereocenters. The Morgan fingerprint density at radius 1 is 1.34 bits per heavy atom. The monoisotopic (exact) mass is 403 g/mol. The third-order valence-corrected chi connectivity index (χ3v) is 4.52. The normalized spacial score (nSPS) is 21.6. The van der Waals surface area contributed by atoms with E-state index in [2.05, 4.69) is 10.0 Å². The number of benzene rings is 1. The second-order valence-corrected chi connectivity index (χ2v) is 7.30. The number of ether oxygens (including phenoxy) is 4. The van der Waals surface area contributed by atoms with Gasteiger partial charge in [0.1, 0.15) is 6.10 Å². The molecule has 0 radical (unpaired) electrons. The van der Waals surface area contributed by atoms with Crippen LogP contribution in [-0.4, -0.2) is 44.2 Å². The van der Waals surface area contributed by atoms with Crippen LogP contribution in [0.2, 0.25) is 0 Å². The number of azide groups is 1. The van der Waals surface area contributed by atoms with Crippen molar-refractivity contribution in [1.82, 2.24) is 0 Å². The zero-order valence-electron chi connectivity index (χ0n) is 17.2. The number of rotatable bonds is 11. The maximum Gasteiger partial charge on any atom is 0.306 e. The molecule has 1 aromatic rings. The van der Waals surface area contributed by atoms with Crippen LogP contribution in [0.25, 0.3) is 10.4 Å². The highest BCUT2D eigenvalue weighted by Gasteiger charge is 2.39. The average molecular weight is 403 g/mol. The third kappa shape index (κ3) is 8.25. The first-order valence-corrected chi connectivity index (χ1v) is 9.67. The molecular weight excluding hydrogens is 374 g/mol. The fourth-order valence-corrected chi connectivity index (χ4v) is 3.11. The smallest absolute Gasteiger partial charge is 0.306 e. The van der Waals surface area contributed by atoms with Gasteiger partial charge >= 0.3 is 5.97 Å². The number of nitrogens with zero attached hydrogens (tertiary/aromatic N) is 3. The van der Waals surface area contributed by atoms with E-state index in [9.17, 15) is 4.79 Å². The molecule has 0 aromatic heterocycles. The molecule has 0 bridgehead atoms. The zero-order valence-corrected chi connectivity index (χ0v) is 17.2. The topological polar surface area (TPSA) is 103 Å². The van der Waals surface area contributed by atoms with Crippen molar-refractivity contribution in [3.63, 3.8) is 0 Å². The van der Waals surface area contributed by atoms with Gasteiger partial charge in [0.15, 0.2) is 5.79 Å². The Balaban J connectivity index is 1.93. The minimum atomic E-state index is -0.763. The maximum absolute atomic E-state index is 11.8. The molecule has 1 aliphatic heterocycles. The quantitative estimate of drug-likeness (QED) is 0.138. The molecule has 29 heavy (non-hydrogen) atoms. The highest BCUT2D eigenvalue weighted by atomic mass is 16.7. The Hall–Kier alpha value is -2.38. The number of hydrogen-bond donors (Lipinski definition) is 0. The fraction of sp³-hybridized carbons (Fsp3) is 0.571. The molecule has 8 nitrogen and oxygen atoms in total. The third-order valence-electron chi connectivity index (χ3n) is 4.52. The summed E-state index contributed by atoms with van der Waals surface area (Å²) in [5.41, 5.74) is 9.67. The standard InChI is InChI=1S/C21H29N3O5/c1-21(2)28-18(19(29-21)14-23-24-22)10-9-16(13-20(25)26-3)11-12-27-15-17-7-5-4-6-8-17/h4-10,16,18-19H,11-15H2,1-3H3/b10-9+/t16-,18+,19-/m1/s1. The minimum Gasteiger partial charge on any atom is -0.469 e. The van der Waals surface area contributed by atoms with Crippen LogP contribution in [0.15, 0.2) is 47.6 Å². The molecule has 1 aliphatic rings. The summed E-state index contributed by atoms with van der Waals surface area (Å²) in [4.78, 5) is 14.6. The van der Waals surface area contributed by atoms with Crippen LogP contribution < -0.4 is 0 Å². The first-order chi connectivity index (χ1) is 13.9. The molecule has 1 aromatic carbocycles. The van der Waals surface area contributed by atoms with Crippen LogP contribution in [0.4, 0.5) is 0 Å². The lowest BCUT2D eigenvalue weighted by Crippen LogP contribution is -2.24. The van der Waals surface area contributed by atoms with Gasteiger partial charge in [0.25, 0.3) is 0 Å². The fourth-order valence-electron chi connectivity index (χ4n) is 3.11. The number of allylic oxidation sites excluding steroid dienone is 1. The predicted molar refractivity (Wildman–Crippen MR) is 108 cm³/mol. The molecule has 1 saturated heterocycles. The van der Waals surface area contributed by atoms with E-state index in [-0.39, 0.29) is 37.1 Å². The van der Waals surface area contributed by atoms with Crippen LogP contribution >= 0.6 is 0 Å². The summed E-state index contributed by atoms with van der Waals surface area (Å²) in [6.45, 7) is 4.84. The number of hydrogen-bond acceptors (Lipinski definition) is 6. The maximum atomic E-state index is 11.8. The minimum absolute atomic E-state index is 0.0642. The molecule has 0 aliphatic carbocycles. The van der Waals surface area contributed by atoms with E-state index in [1.165, 1.54) is 7.11 Å². The molecule has 0 N–H and O–H groups in total. The van der Waals surface area contributed by atoms with Crippen LogP contribution in [0.5, 0.6) is 0 Å². The Bertz CT molecular complexity index is 716. The van der Waals surface area contributed by atoms with Gasteiger partial charge in [0.05, 0.1) is 32.8 Å². The lowest BCUT2D eigenvalue weighted by molar-refractivity contribution is -0.142. The zero-order chi connectivity index (χ0) is 21.1. The average Bonchev–Trinajstić information content (AvgIpc) is 3.01. The Kier molecular flexibility index (Phi) is 9.15. The van der Waals surface area contributed by atoms with Crippen molar-refractivity contribution in [2.75, 3.05) is 20.3 Å². The van der Waals surface area contributed by atoms with Crippen LogP contribution in [-0.2, 0) is 30.3 Å². The van der Waals surface area contributed by atoms with Gasteiger partial charge in [-0.25, -0.2) is 0 Å². The Labute approximate surface area is 171 Å². The van der Waals surface area contributed by atoms with Crippen molar-refractivity contribution in [1.29, 1.82) is 0 Å². The molecule has 1 fully saturated rings. The van der Waals surface area contributed by atoms with Crippen molar-refractivity contribution in [3.8, 4) is 0 Å². The Morgan fingerprint density at radius 2 is 2.10 bits per heavy atom. The SMILES string of the molecule is COC(=O)C[C@H](/C=C/[C@@H]1OC(C)(C)O[C@@H]1CN=[N+]=[N-])CCOCc1ccccc1. The van der Waals surface area contributed by atoms with E-state index < -0.39 is 5.79 Å². The van der Waals surface area contributed by atoms with Crippen molar-refractivity contribution >= 4 is 5.97 Å². The summed E-state index contributed by atoms with van der Waals surface area (Å²) in [6, 6.07) is 9.93. The second kappa shape index (κ2) is 11.6. The molecule has 1 heterocycles. The number of esters is 1. The summed E-state index contributed by atoms with van der Waals surface area (Å²) < 4.78 is 22.2. The van der Waals surface area contributed by atoms with E-state index >= 15 is 0 Å². The molecule has 0 saturated carbocycles. The predicted octanol–water partition coefficient (Wildman–Crippen LogP) is 4.16. The van der Waals surface area contributed by atoms with E-state index in [4.69, 9.17) is 24.5 Å². The van der Waals surface area contributed by atoms with Crippen molar-refractivity contribution in [2.24, 2.45) is 11.0 Å². The molecule has 0 unspecified atom stereocenters. The highest BCUT2D eigenvalue weighted by molar-refractivity contribution is 5.69. The van der Waals surface area contributed by atoms with Gasteiger partial charge in [-0.05, 0) is 37.3 Å². The molecule has 0 spiro atoms. The Morgan fingerprint density at radius 3 is 2.79 bits per heavy atom. The van der Waals surface area contributed by atoms with Crippen molar-refractivity contribution in [3.05, 3.63) is 58.5 Å². The van der Waals surface area contributed by atoms with E-state index in [1.807, 2.05) is 56.3 Å². The van der Waals surface area contributed by atoms with E-state index in [0.29, 0.717) is 19.6 Å². The molecule has 2 rings (SSSR count). The number of methoxy groups -OCH3 is 1. The first kappa shape index (κ1) is 22.9. The molecule has 0 amide bonds. The van der Waals surface area contributed by atoms with Gasteiger partial charge in [-0.3, -0.25) is 4.79 Å². The summed E-state index contributed by atoms with van der Waals surface area (Å²) in [6.07, 6.45) is 3.99. The largest absolute Gasteiger partial charge is 0.469 e. The van der Waals surface area contributed by atoms with Crippen molar-refractivity contribution in [2.45, 2.75) is 51.3 Å². The van der Waals surface area contributed by atoms with E-state index in [1.54, 1.807) is 0 Å². The van der Waals surface area contributed by atoms with Gasteiger partial charge in [-0.1, -0.05) is 47.6 Å². The summed E-state index contributed by atoms with van der Waals surface area (Å²) in [5, 5.41) is 3.60. The van der Waals surface area contributed by atoms with Gasteiger partial charge in [-0.15, -0.1) is 0 Å². The summed E-state index contributed by atoms with van der Waals surface area (Å²) in [7, 11) is 1.38. The van der Waals surface area contributed by atoms with Gasteiger partial charge in [0, 0.05) is 11.5 Å². The van der Waals surface area contributed by atoms with Crippen molar-refractivity contribution < 1.29 is 23.7 Å². The van der Waals surface area contributed by atoms with E-state index in [0.717, 1.165) is 5.56 Å². The molecule has 8 heteroatoms. The summed E-state index contributed by atoms with van der Waals surface area (Å²) >= 11 is 0. The molecule has 158 valence electrons. The highest BCUT2D eigenvalue weighted by Crippen LogP contribution is 2.29. The van der Waals surface area contributed by atoms with Gasteiger partial charge < -0.3 is 18.9 Å². The summed E-state index contributed by atoms with van der Waals surface area (Å²) in [5.74, 6) is -1.11. The van der Waals surface area contributed by atoms with Gasteiger partial charge in [-0.2, -0.15) is 0 Å². The second-order valence-electron chi connectivity index (χ2n) is 7.30. The lowest BCUT2D eigenvalue weighted by Gasteiger charge is -2.16. The number of carbonyl (C=O) groups excluding carboxylic acids is 1.